The number of carboxylic acids is 1. The van der Waals surface area contributed by atoms with E-state index in [4.69, 9.17) is 4.74 Å². The number of carbonyl (C=O) groups excluding carboxylic acids is 1. The summed E-state index contributed by atoms with van der Waals surface area (Å²) in [6.07, 6.45) is 6.05. The lowest BCUT2D eigenvalue weighted by Crippen LogP contribution is -2.57. The summed E-state index contributed by atoms with van der Waals surface area (Å²) in [4.78, 5) is 26.6. The zero-order valence-corrected chi connectivity index (χ0v) is 15.1. The molecule has 0 bridgehead atoms. The lowest BCUT2D eigenvalue weighted by atomic mass is 9.71. The summed E-state index contributed by atoms with van der Waals surface area (Å²) < 4.78 is 5.33. The van der Waals surface area contributed by atoms with Crippen LogP contribution >= 0.6 is 0 Å². The molecule has 1 amide bonds. The number of ether oxygens (including phenoxy) is 1. The average molecular weight is 358 g/mol. The van der Waals surface area contributed by atoms with Crippen molar-refractivity contribution in [2.45, 2.75) is 68.6 Å². The summed E-state index contributed by atoms with van der Waals surface area (Å²) in [5, 5.41) is 12.8. The van der Waals surface area contributed by atoms with E-state index in [9.17, 15) is 14.7 Å². The van der Waals surface area contributed by atoms with E-state index in [-0.39, 0.29) is 23.5 Å². The molecule has 1 aliphatic heterocycles. The number of carboxylic acid groups (broad SMARTS) is 1. The first-order chi connectivity index (χ1) is 12.5. The minimum absolute atomic E-state index is 0.0248. The summed E-state index contributed by atoms with van der Waals surface area (Å²) in [7, 11) is 1.64. The van der Waals surface area contributed by atoms with Crippen molar-refractivity contribution in [3.8, 4) is 5.75 Å². The molecule has 4 rings (SSSR count). The molecule has 140 valence electrons. The Labute approximate surface area is 153 Å². The molecule has 3 aliphatic rings. The third-order valence-corrected chi connectivity index (χ3v) is 6.18. The average Bonchev–Trinajstić information content (AvgIpc) is 3.35. The minimum atomic E-state index is -0.807. The molecule has 1 aromatic rings. The molecule has 2 N–H and O–H groups in total. The van der Waals surface area contributed by atoms with Crippen molar-refractivity contribution in [3.63, 3.8) is 0 Å². The first-order valence-electron chi connectivity index (χ1n) is 9.51. The molecule has 0 aromatic heterocycles. The highest BCUT2D eigenvalue weighted by molar-refractivity contribution is 5.85. The number of aliphatic carboxylic acids is 1. The molecule has 2 aliphatic carbocycles. The third kappa shape index (κ3) is 2.96. The number of methoxy groups -OCH3 is 1. The molecule has 2 atom stereocenters. The van der Waals surface area contributed by atoms with Crippen LogP contribution < -0.4 is 10.1 Å². The van der Waals surface area contributed by atoms with Gasteiger partial charge in [-0.1, -0.05) is 12.1 Å². The van der Waals surface area contributed by atoms with Crippen molar-refractivity contribution in [3.05, 3.63) is 29.8 Å². The number of likely N-dealkylation sites (tertiary alicyclic amines) is 1. The molecule has 1 aromatic carbocycles. The highest BCUT2D eigenvalue weighted by Crippen LogP contribution is 2.43. The monoisotopic (exact) mass is 358 g/mol. The van der Waals surface area contributed by atoms with Crippen LogP contribution in [0, 0.1) is 0 Å². The van der Waals surface area contributed by atoms with Gasteiger partial charge in [-0.15, -0.1) is 0 Å². The number of carbonyl (C=O) groups is 2. The van der Waals surface area contributed by atoms with E-state index in [0.29, 0.717) is 12.8 Å². The Morgan fingerprint density at radius 1 is 1.19 bits per heavy atom. The Balaban J connectivity index is 1.53. The topological polar surface area (TPSA) is 78.9 Å². The van der Waals surface area contributed by atoms with E-state index in [2.05, 4.69) is 5.32 Å². The lowest BCUT2D eigenvalue weighted by molar-refractivity contribution is -0.143. The molecule has 2 saturated carbocycles. The fourth-order valence-electron chi connectivity index (χ4n) is 4.49. The van der Waals surface area contributed by atoms with Crippen LogP contribution in [-0.2, 0) is 15.1 Å². The van der Waals surface area contributed by atoms with Gasteiger partial charge in [-0.2, -0.15) is 0 Å². The summed E-state index contributed by atoms with van der Waals surface area (Å²) in [6.45, 7) is 0. The van der Waals surface area contributed by atoms with Crippen LogP contribution in [0.15, 0.2) is 24.3 Å². The van der Waals surface area contributed by atoms with Crippen molar-refractivity contribution >= 4 is 11.9 Å². The van der Waals surface area contributed by atoms with Gasteiger partial charge in [-0.3, -0.25) is 14.5 Å². The summed E-state index contributed by atoms with van der Waals surface area (Å²) in [6, 6.07) is 7.29. The van der Waals surface area contributed by atoms with Crippen molar-refractivity contribution in [2.24, 2.45) is 0 Å². The Morgan fingerprint density at radius 3 is 2.50 bits per heavy atom. The van der Waals surface area contributed by atoms with Gasteiger partial charge >= 0.3 is 5.97 Å². The number of rotatable bonds is 6. The molecule has 0 radical (unpaired) electrons. The Kier molecular flexibility index (Phi) is 4.39. The van der Waals surface area contributed by atoms with Crippen LogP contribution in [0.4, 0.5) is 0 Å². The molecule has 6 heteroatoms. The maximum absolute atomic E-state index is 13.1. The molecular formula is C20H26N2O4. The zero-order valence-electron chi connectivity index (χ0n) is 15.1. The molecule has 1 heterocycles. The van der Waals surface area contributed by atoms with Crippen molar-refractivity contribution in [1.82, 2.24) is 10.2 Å². The Bertz CT molecular complexity index is 712. The van der Waals surface area contributed by atoms with Gasteiger partial charge in [0, 0.05) is 6.04 Å². The normalized spacial score (nSPS) is 27.6. The molecule has 26 heavy (non-hydrogen) atoms. The Hall–Kier alpha value is -2.08. The second kappa shape index (κ2) is 6.58. The number of benzene rings is 1. The highest BCUT2D eigenvalue weighted by atomic mass is 16.5. The van der Waals surface area contributed by atoms with Crippen LogP contribution in [0.2, 0.25) is 0 Å². The lowest BCUT2D eigenvalue weighted by Gasteiger charge is -2.44. The number of nitrogens with zero attached hydrogens (tertiary/aromatic N) is 1. The van der Waals surface area contributed by atoms with Gasteiger partial charge < -0.3 is 15.2 Å². The molecule has 1 saturated heterocycles. The van der Waals surface area contributed by atoms with Gasteiger partial charge in [0.2, 0.25) is 5.91 Å². The van der Waals surface area contributed by atoms with Crippen LogP contribution in [0.25, 0.3) is 0 Å². The molecule has 6 nitrogen and oxygen atoms in total. The molecular weight excluding hydrogens is 332 g/mol. The first-order valence-corrected chi connectivity index (χ1v) is 9.51. The van der Waals surface area contributed by atoms with Crippen molar-refractivity contribution in [2.75, 3.05) is 7.11 Å². The van der Waals surface area contributed by atoms with E-state index < -0.39 is 12.0 Å². The van der Waals surface area contributed by atoms with Gasteiger partial charge in [0.25, 0.3) is 0 Å². The summed E-state index contributed by atoms with van der Waals surface area (Å²) in [5.41, 5.74) is 0.726. The van der Waals surface area contributed by atoms with Crippen LogP contribution in [-0.4, -0.2) is 47.1 Å². The van der Waals surface area contributed by atoms with Crippen LogP contribution in [0.3, 0.4) is 0 Å². The maximum Gasteiger partial charge on any atom is 0.320 e. The summed E-state index contributed by atoms with van der Waals surface area (Å²) >= 11 is 0. The summed E-state index contributed by atoms with van der Waals surface area (Å²) in [5.74, 6) is -0.0454. The van der Waals surface area contributed by atoms with E-state index in [1.54, 1.807) is 7.11 Å². The molecule has 0 spiro atoms. The van der Waals surface area contributed by atoms with E-state index in [1.165, 1.54) is 0 Å². The van der Waals surface area contributed by atoms with E-state index in [1.807, 2.05) is 29.2 Å². The first kappa shape index (κ1) is 17.3. The fourth-order valence-corrected chi connectivity index (χ4v) is 4.49. The smallest absolute Gasteiger partial charge is 0.320 e. The number of nitrogens with one attached hydrogen (secondary N) is 1. The highest BCUT2D eigenvalue weighted by Gasteiger charge is 2.50. The molecule has 3 fully saturated rings. The second-order valence-corrected chi connectivity index (χ2v) is 7.78. The Morgan fingerprint density at radius 2 is 1.92 bits per heavy atom. The number of hydrogen-bond acceptors (Lipinski definition) is 4. The quantitative estimate of drug-likeness (QED) is 0.816. The van der Waals surface area contributed by atoms with Gasteiger partial charge in [0.05, 0.1) is 18.7 Å². The van der Waals surface area contributed by atoms with Gasteiger partial charge in [-0.25, -0.2) is 0 Å². The van der Waals surface area contributed by atoms with Gasteiger partial charge in [-0.05, 0) is 62.6 Å². The standard InChI is InChI=1S/C20H26N2O4/c1-26-15-5-2-4-13(12-15)20(10-3-11-20)21-18(23)16-8-9-17(19(24)25)22(16)14-6-7-14/h2,4-5,12,14,16-17H,3,6-11H2,1H3,(H,21,23)(H,24,25). The van der Waals surface area contributed by atoms with Crippen molar-refractivity contribution in [1.29, 1.82) is 0 Å². The fraction of sp³-hybridized carbons (Fsp3) is 0.600. The number of amides is 1. The van der Waals surface area contributed by atoms with Gasteiger partial charge in [0.15, 0.2) is 0 Å². The van der Waals surface area contributed by atoms with Crippen LogP contribution in [0.5, 0.6) is 5.75 Å². The SMILES string of the molecule is COc1cccc(C2(NC(=O)C3CCC(C(=O)O)N3C3CC3)CCC2)c1. The van der Waals surface area contributed by atoms with Gasteiger partial charge in [0.1, 0.15) is 11.8 Å². The van der Waals surface area contributed by atoms with Crippen LogP contribution in [0.1, 0.15) is 50.5 Å². The zero-order chi connectivity index (χ0) is 18.3. The third-order valence-electron chi connectivity index (χ3n) is 6.18. The maximum atomic E-state index is 13.1. The van der Waals surface area contributed by atoms with E-state index >= 15 is 0 Å². The minimum Gasteiger partial charge on any atom is -0.497 e. The molecule has 2 unspecified atom stereocenters. The van der Waals surface area contributed by atoms with Crippen molar-refractivity contribution < 1.29 is 19.4 Å². The predicted octanol–water partition coefficient (Wildman–Crippen LogP) is 2.27. The largest absolute Gasteiger partial charge is 0.497 e. The predicted molar refractivity (Wildman–Crippen MR) is 96.0 cm³/mol. The second-order valence-electron chi connectivity index (χ2n) is 7.78. The number of hydrogen-bond donors (Lipinski definition) is 2. The van der Waals surface area contributed by atoms with E-state index in [0.717, 1.165) is 43.4 Å².